The van der Waals surface area contributed by atoms with E-state index in [1.807, 2.05) is 0 Å². The van der Waals surface area contributed by atoms with Gasteiger partial charge in [0.05, 0.1) is 18.1 Å². The molecule has 0 spiro atoms. The minimum absolute atomic E-state index is 0.0681. The highest BCUT2D eigenvalue weighted by molar-refractivity contribution is 5.93. The largest absolute Gasteiger partial charge is 0.478 e. The van der Waals surface area contributed by atoms with Gasteiger partial charge in [0.25, 0.3) is 0 Å². The van der Waals surface area contributed by atoms with Crippen LogP contribution in [-0.2, 0) is 23.0 Å². The standard InChI is InChI=1S/C14H20N2O4/c1-9-8-16(2)11(13(9)14(18)19)6-12(17)15-7-10-4-3-5-20-10/h8,10H,3-7H2,1-2H3,(H,15,17)(H,18,19)/t10-/m1/s1. The lowest BCUT2D eigenvalue weighted by molar-refractivity contribution is -0.121. The number of amides is 1. The van der Waals surface area contributed by atoms with Crippen molar-refractivity contribution in [1.82, 2.24) is 9.88 Å². The van der Waals surface area contributed by atoms with Crippen molar-refractivity contribution in [1.29, 1.82) is 0 Å². The van der Waals surface area contributed by atoms with Gasteiger partial charge in [0.2, 0.25) is 5.91 Å². The third-order valence-corrected chi connectivity index (χ3v) is 3.59. The number of hydrogen-bond acceptors (Lipinski definition) is 3. The second kappa shape index (κ2) is 6.09. The van der Waals surface area contributed by atoms with E-state index >= 15 is 0 Å². The molecule has 2 heterocycles. The predicted molar refractivity (Wildman–Crippen MR) is 72.8 cm³/mol. The van der Waals surface area contributed by atoms with E-state index < -0.39 is 5.97 Å². The molecule has 1 aromatic rings. The van der Waals surface area contributed by atoms with Gasteiger partial charge in [-0.25, -0.2) is 4.79 Å². The van der Waals surface area contributed by atoms with Crippen LogP contribution < -0.4 is 5.32 Å². The summed E-state index contributed by atoms with van der Waals surface area (Å²) >= 11 is 0. The molecule has 0 radical (unpaired) electrons. The van der Waals surface area contributed by atoms with Gasteiger partial charge in [0, 0.05) is 32.1 Å². The summed E-state index contributed by atoms with van der Waals surface area (Å²) in [6.45, 7) is 2.97. The zero-order valence-electron chi connectivity index (χ0n) is 11.8. The zero-order chi connectivity index (χ0) is 14.7. The van der Waals surface area contributed by atoms with E-state index in [0.29, 0.717) is 17.8 Å². The molecule has 0 saturated carbocycles. The minimum atomic E-state index is -0.995. The number of rotatable bonds is 5. The fraction of sp³-hybridized carbons (Fsp3) is 0.571. The van der Waals surface area contributed by atoms with E-state index in [1.54, 1.807) is 24.7 Å². The molecular formula is C14H20N2O4. The number of carbonyl (C=O) groups is 2. The Kier molecular flexibility index (Phi) is 4.44. The van der Waals surface area contributed by atoms with Crippen LogP contribution >= 0.6 is 0 Å². The molecule has 1 aliphatic heterocycles. The van der Waals surface area contributed by atoms with Crippen molar-refractivity contribution in [2.45, 2.75) is 32.3 Å². The Bertz CT molecular complexity index is 515. The van der Waals surface area contributed by atoms with E-state index in [9.17, 15) is 14.7 Å². The molecule has 2 N–H and O–H groups in total. The zero-order valence-corrected chi connectivity index (χ0v) is 11.8. The Balaban J connectivity index is 1.98. The first-order valence-corrected chi connectivity index (χ1v) is 6.75. The van der Waals surface area contributed by atoms with Gasteiger partial charge >= 0.3 is 5.97 Å². The van der Waals surface area contributed by atoms with Gasteiger partial charge in [-0.3, -0.25) is 4.79 Å². The molecule has 1 atom stereocenters. The molecule has 6 nitrogen and oxygen atoms in total. The second-order valence-electron chi connectivity index (χ2n) is 5.17. The summed E-state index contributed by atoms with van der Waals surface area (Å²) in [5.41, 5.74) is 1.42. The molecule has 0 aromatic carbocycles. The molecule has 6 heteroatoms. The lowest BCUT2D eigenvalue weighted by Gasteiger charge is -2.11. The summed E-state index contributed by atoms with van der Waals surface area (Å²) in [5.74, 6) is -1.17. The normalized spacial score (nSPS) is 18.2. The molecule has 2 rings (SSSR count). The average Bonchev–Trinajstić information content (AvgIpc) is 2.96. The number of carboxylic acid groups (broad SMARTS) is 1. The number of nitrogens with zero attached hydrogens (tertiary/aromatic N) is 1. The Morgan fingerprint density at radius 1 is 1.55 bits per heavy atom. The third kappa shape index (κ3) is 3.19. The first kappa shape index (κ1) is 14.6. The number of aromatic nitrogens is 1. The predicted octanol–water partition coefficient (Wildman–Crippen LogP) is 0.869. The first-order valence-electron chi connectivity index (χ1n) is 6.75. The summed E-state index contributed by atoms with van der Waals surface area (Å²) in [5, 5.41) is 12.0. The monoisotopic (exact) mass is 280 g/mol. The maximum absolute atomic E-state index is 11.9. The molecular weight excluding hydrogens is 260 g/mol. The summed E-state index contributed by atoms with van der Waals surface area (Å²) in [4.78, 5) is 23.2. The number of carbonyl (C=O) groups excluding carboxylic acids is 1. The van der Waals surface area contributed by atoms with Crippen molar-refractivity contribution in [2.75, 3.05) is 13.2 Å². The molecule has 1 amide bonds. The molecule has 1 aliphatic rings. The Morgan fingerprint density at radius 2 is 2.30 bits per heavy atom. The quantitative estimate of drug-likeness (QED) is 0.838. The summed E-state index contributed by atoms with van der Waals surface area (Å²) in [7, 11) is 1.75. The molecule has 1 aromatic heterocycles. The molecule has 20 heavy (non-hydrogen) atoms. The van der Waals surface area contributed by atoms with Crippen LogP contribution in [0, 0.1) is 6.92 Å². The summed E-state index contributed by atoms with van der Waals surface area (Å²) in [6.07, 6.45) is 3.88. The maximum atomic E-state index is 11.9. The third-order valence-electron chi connectivity index (χ3n) is 3.59. The smallest absolute Gasteiger partial charge is 0.337 e. The van der Waals surface area contributed by atoms with Crippen molar-refractivity contribution < 1.29 is 19.4 Å². The van der Waals surface area contributed by atoms with Crippen LogP contribution in [0.4, 0.5) is 0 Å². The van der Waals surface area contributed by atoms with Crippen molar-refractivity contribution >= 4 is 11.9 Å². The second-order valence-corrected chi connectivity index (χ2v) is 5.17. The van der Waals surface area contributed by atoms with Crippen LogP contribution in [0.2, 0.25) is 0 Å². The average molecular weight is 280 g/mol. The fourth-order valence-corrected chi connectivity index (χ4v) is 2.59. The number of carboxylic acids is 1. The highest BCUT2D eigenvalue weighted by atomic mass is 16.5. The summed E-state index contributed by atoms with van der Waals surface area (Å²) in [6, 6.07) is 0. The van der Waals surface area contributed by atoms with Crippen molar-refractivity contribution in [3.8, 4) is 0 Å². The topological polar surface area (TPSA) is 80.6 Å². The number of aromatic carboxylic acids is 1. The maximum Gasteiger partial charge on any atom is 0.337 e. The molecule has 1 fully saturated rings. The number of hydrogen-bond donors (Lipinski definition) is 2. The molecule has 0 bridgehead atoms. The van der Waals surface area contributed by atoms with E-state index in [2.05, 4.69) is 5.32 Å². The van der Waals surface area contributed by atoms with E-state index in [4.69, 9.17) is 4.74 Å². The van der Waals surface area contributed by atoms with Crippen molar-refractivity contribution in [3.63, 3.8) is 0 Å². The van der Waals surface area contributed by atoms with Crippen LogP contribution in [0.15, 0.2) is 6.20 Å². The number of ether oxygens (including phenoxy) is 1. The van der Waals surface area contributed by atoms with E-state index in [0.717, 1.165) is 19.4 Å². The van der Waals surface area contributed by atoms with Gasteiger partial charge in [-0.05, 0) is 25.3 Å². The highest BCUT2D eigenvalue weighted by Crippen LogP contribution is 2.17. The first-order chi connectivity index (χ1) is 9.49. The molecule has 0 unspecified atom stereocenters. The van der Waals surface area contributed by atoms with E-state index in [-0.39, 0.29) is 24.0 Å². The van der Waals surface area contributed by atoms with Crippen molar-refractivity contribution in [3.05, 3.63) is 23.0 Å². The number of nitrogens with one attached hydrogen (secondary N) is 1. The number of aryl methyl sites for hydroxylation is 2. The van der Waals surface area contributed by atoms with Crippen LogP contribution in [0.3, 0.4) is 0 Å². The molecule has 0 aliphatic carbocycles. The van der Waals surface area contributed by atoms with Crippen LogP contribution in [-0.4, -0.2) is 40.8 Å². The van der Waals surface area contributed by atoms with E-state index in [1.165, 1.54) is 0 Å². The van der Waals surface area contributed by atoms with Crippen molar-refractivity contribution in [2.24, 2.45) is 7.05 Å². The lowest BCUT2D eigenvalue weighted by Crippen LogP contribution is -2.33. The Labute approximate surface area is 117 Å². The van der Waals surface area contributed by atoms with Gasteiger partial charge < -0.3 is 19.7 Å². The fourth-order valence-electron chi connectivity index (χ4n) is 2.59. The van der Waals surface area contributed by atoms with Gasteiger partial charge in [-0.15, -0.1) is 0 Å². The summed E-state index contributed by atoms with van der Waals surface area (Å²) < 4.78 is 7.13. The van der Waals surface area contributed by atoms with Crippen LogP contribution in [0.25, 0.3) is 0 Å². The Morgan fingerprint density at radius 3 is 2.90 bits per heavy atom. The molecule has 1 saturated heterocycles. The highest BCUT2D eigenvalue weighted by Gasteiger charge is 2.21. The van der Waals surface area contributed by atoms with Gasteiger partial charge in [-0.2, -0.15) is 0 Å². The van der Waals surface area contributed by atoms with Crippen LogP contribution in [0.5, 0.6) is 0 Å². The van der Waals surface area contributed by atoms with Gasteiger partial charge in [0.15, 0.2) is 0 Å². The lowest BCUT2D eigenvalue weighted by atomic mass is 10.1. The SMILES string of the molecule is Cc1cn(C)c(CC(=O)NC[C@H]2CCCO2)c1C(=O)O. The Hall–Kier alpha value is -1.82. The van der Waals surface area contributed by atoms with Crippen LogP contribution in [0.1, 0.15) is 34.5 Å². The van der Waals surface area contributed by atoms with Gasteiger partial charge in [-0.1, -0.05) is 0 Å². The van der Waals surface area contributed by atoms with Gasteiger partial charge in [0.1, 0.15) is 0 Å². The minimum Gasteiger partial charge on any atom is -0.478 e. The molecule has 110 valence electrons.